The van der Waals surface area contributed by atoms with Gasteiger partial charge >= 0.3 is 11.9 Å². The van der Waals surface area contributed by atoms with Gasteiger partial charge in [0.15, 0.2) is 0 Å². The van der Waals surface area contributed by atoms with Crippen LogP contribution in [0.25, 0.3) is 0 Å². The molecule has 0 bridgehead atoms. The summed E-state index contributed by atoms with van der Waals surface area (Å²) in [6.45, 7) is 0.666. The highest BCUT2D eigenvalue weighted by Gasteiger charge is 2.05. The average molecular weight is 232 g/mol. The third-order valence-electron chi connectivity index (χ3n) is 1.98. The zero-order valence-electron chi connectivity index (χ0n) is 8.96. The first-order valence-electron chi connectivity index (χ1n) is 5.08. The minimum absolute atomic E-state index is 0.00114. The Hall–Kier alpha value is -1.66. The molecule has 0 fully saturated rings. The van der Waals surface area contributed by atoms with Gasteiger partial charge in [-0.05, 0) is 19.3 Å². The predicted molar refractivity (Wildman–Crippen MR) is 55.7 cm³/mol. The normalized spacial score (nSPS) is 9.75. The molecule has 7 heteroatoms. The van der Waals surface area contributed by atoms with Crippen LogP contribution in [0, 0.1) is 4.91 Å². The van der Waals surface area contributed by atoms with Crippen molar-refractivity contribution in [2.24, 2.45) is 5.29 Å². The summed E-state index contributed by atoms with van der Waals surface area (Å²) in [7, 11) is 0. The highest BCUT2D eigenvalue weighted by atomic mass is 16.4. The van der Waals surface area contributed by atoms with E-state index in [4.69, 9.17) is 10.2 Å². The first-order valence-corrected chi connectivity index (χ1v) is 5.08. The summed E-state index contributed by atoms with van der Waals surface area (Å²) in [6.07, 6.45) is 1.48. The molecule has 0 aliphatic carbocycles. The van der Waals surface area contributed by atoms with E-state index in [0.29, 0.717) is 32.4 Å². The van der Waals surface area contributed by atoms with E-state index in [-0.39, 0.29) is 12.8 Å². The van der Waals surface area contributed by atoms with Crippen molar-refractivity contribution in [3.63, 3.8) is 0 Å². The van der Waals surface area contributed by atoms with Gasteiger partial charge in [0.05, 0.1) is 5.29 Å². The van der Waals surface area contributed by atoms with E-state index in [1.165, 1.54) is 5.01 Å². The quantitative estimate of drug-likeness (QED) is 0.331. The molecule has 0 saturated heterocycles. The van der Waals surface area contributed by atoms with Crippen LogP contribution in [-0.4, -0.2) is 40.3 Å². The molecule has 0 aromatic carbocycles. The second-order valence-electron chi connectivity index (χ2n) is 3.38. The van der Waals surface area contributed by atoms with Crippen molar-refractivity contribution in [3.05, 3.63) is 4.91 Å². The van der Waals surface area contributed by atoms with Crippen molar-refractivity contribution in [1.29, 1.82) is 0 Å². The maximum atomic E-state index is 10.3. The number of carboxylic acid groups (broad SMARTS) is 2. The fourth-order valence-corrected chi connectivity index (χ4v) is 1.18. The van der Waals surface area contributed by atoms with Crippen molar-refractivity contribution in [2.75, 3.05) is 13.1 Å². The van der Waals surface area contributed by atoms with Crippen LogP contribution in [-0.2, 0) is 9.59 Å². The zero-order valence-corrected chi connectivity index (χ0v) is 8.96. The van der Waals surface area contributed by atoms with E-state index < -0.39 is 11.9 Å². The van der Waals surface area contributed by atoms with Crippen LogP contribution < -0.4 is 0 Å². The molecule has 0 radical (unpaired) electrons. The fourth-order valence-electron chi connectivity index (χ4n) is 1.18. The molecule has 16 heavy (non-hydrogen) atoms. The Kier molecular flexibility index (Phi) is 7.74. The van der Waals surface area contributed by atoms with Gasteiger partial charge in [0.2, 0.25) is 0 Å². The summed E-state index contributed by atoms with van der Waals surface area (Å²) in [6, 6.07) is 0. The van der Waals surface area contributed by atoms with Crippen molar-refractivity contribution in [2.45, 2.75) is 32.1 Å². The lowest BCUT2D eigenvalue weighted by atomic mass is 10.2. The standard InChI is InChI=1S/C9H16N2O5/c12-8(13)4-1-2-6-11(10-16)7-3-5-9(14)15/h1-7H2,(H,12,13)(H,14,15). The maximum absolute atomic E-state index is 10.3. The van der Waals surface area contributed by atoms with Gasteiger partial charge < -0.3 is 10.2 Å². The lowest BCUT2D eigenvalue weighted by Crippen LogP contribution is -2.20. The minimum atomic E-state index is -0.906. The number of hydrogen-bond donors (Lipinski definition) is 2. The number of nitroso groups, excluding NO2 is 1. The summed E-state index contributed by atoms with van der Waals surface area (Å²) in [5, 5.41) is 20.7. The molecule has 0 atom stereocenters. The van der Waals surface area contributed by atoms with Crippen molar-refractivity contribution < 1.29 is 19.8 Å². The molecule has 0 aliphatic heterocycles. The van der Waals surface area contributed by atoms with E-state index >= 15 is 0 Å². The first kappa shape index (κ1) is 14.3. The maximum Gasteiger partial charge on any atom is 0.303 e. The number of carbonyl (C=O) groups is 2. The van der Waals surface area contributed by atoms with Crippen LogP contribution in [0.1, 0.15) is 32.1 Å². The lowest BCUT2D eigenvalue weighted by molar-refractivity contribution is -0.138. The fraction of sp³-hybridized carbons (Fsp3) is 0.778. The van der Waals surface area contributed by atoms with Crippen LogP contribution in [0.5, 0.6) is 0 Å². The van der Waals surface area contributed by atoms with Gasteiger partial charge in [-0.3, -0.25) is 14.6 Å². The van der Waals surface area contributed by atoms with Gasteiger partial charge in [0.25, 0.3) is 0 Å². The molecule has 0 unspecified atom stereocenters. The molecule has 0 saturated carbocycles. The molecular weight excluding hydrogens is 216 g/mol. The second kappa shape index (κ2) is 8.63. The van der Waals surface area contributed by atoms with Crippen LogP contribution in [0.2, 0.25) is 0 Å². The largest absolute Gasteiger partial charge is 0.481 e. The summed E-state index contributed by atoms with van der Waals surface area (Å²) >= 11 is 0. The number of rotatable bonds is 10. The molecule has 2 N–H and O–H groups in total. The van der Waals surface area contributed by atoms with Crippen LogP contribution >= 0.6 is 0 Å². The third-order valence-corrected chi connectivity index (χ3v) is 1.98. The predicted octanol–water partition coefficient (Wildman–Crippen LogP) is 1.09. The van der Waals surface area contributed by atoms with Gasteiger partial charge in [-0.25, -0.2) is 0 Å². The molecule has 0 heterocycles. The molecule has 0 aromatic rings. The van der Waals surface area contributed by atoms with E-state index in [2.05, 4.69) is 5.29 Å². The Labute approximate surface area is 93.0 Å². The number of nitrogens with zero attached hydrogens (tertiary/aromatic N) is 2. The van der Waals surface area contributed by atoms with Gasteiger partial charge in [-0.2, -0.15) is 0 Å². The van der Waals surface area contributed by atoms with Crippen LogP contribution in [0.3, 0.4) is 0 Å². The van der Waals surface area contributed by atoms with E-state index in [0.717, 1.165) is 0 Å². The van der Waals surface area contributed by atoms with Crippen molar-refractivity contribution in [1.82, 2.24) is 5.01 Å². The van der Waals surface area contributed by atoms with Crippen molar-refractivity contribution in [3.8, 4) is 0 Å². The Morgan fingerprint density at radius 2 is 1.44 bits per heavy atom. The third kappa shape index (κ3) is 8.92. The van der Waals surface area contributed by atoms with E-state index in [1.807, 2.05) is 0 Å². The summed E-state index contributed by atoms with van der Waals surface area (Å²) in [4.78, 5) is 30.7. The molecule has 0 spiro atoms. The average Bonchev–Trinajstić information content (AvgIpc) is 2.20. The van der Waals surface area contributed by atoms with Gasteiger partial charge in [0.1, 0.15) is 0 Å². The first-order chi connectivity index (χ1) is 7.56. The summed E-state index contributed by atoms with van der Waals surface area (Å²) in [5.74, 6) is -1.77. The zero-order chi connectivity index (χ0) is 12.4. The summed E-state index contributed by atoms with van der Waals surface area (Å²) < 4.78 is 0. The smallest absolute Gasteiger partial charge is 0.303 e. The highest BCUT2D eigenvalue weighted by Crippen LogP contribution is 2.01. The van der Waals surface area contributed by atoms with Crippen molar-refractivity contribution >= 4 is 11.9 Å². The number of hydrogen-bond acceptors (Lipinski definition) is 4. The van der Waals surface area contributed by atoms with Gasteiger partial charge in [-0.15, -0.1) is 4.91 Å². The number of aliphatic carboxylic acids is 2. The monoisotopic (exact) mass is 232 g/mol. The lowest BCUT2D eigenvalue weighted by Gasteiger charge is -2.13. The minimum Gasteiger partial charge on any atom is -0.481 e. The Balaban J connectivity index is 3.55. The van der Waals surface area contributed by atoms with Gasteiger partial charge in [0, 0.05) is 25.9 Å². The number of carboxylic acids is 2. The van der Waals surface area contributed by atoms with Gasteiger partial charge in [-0.1, -0.05) is 0 Å². The highest BCUT2D eigenvalue weighted by molar-refractivity contribution is 5.66. The van der Waals surface area contributed by atoms with E-state index in [1.54, 1.807) is 0 Å². The molecule has 0 aromatic heterocycles. The molecule has 0 rings (SSSR count). The molecule has 0 amide bonds. The Morgan fingerprint density at radius 3 is 1.94 bits per heavy atom. The van der Waals surface area contributed by atoms with E-state index in [9.17, 15) is 14.5 Å². The number of unbranched alkanes of at least 4 members (excludes halogenated alkanes) is 1. The molecule has 0 aliphatic rings. The second-order valence-corrected chi connectivity index (χ2v) is 3.38. The van der Waals surface area contributed by atoms with Crippen LogP contribution in [0.15, 0.2) is 5.29 Å². The van der Waals surface area contributed by atoms with Crippen LogP contribution in [0.4, 0.5) is 0 Å². The molecular formula is C9H16N2O5. The summed E-state index contributed by atoms with van der Waals surface area (Å²) in [5.41, 5.74) is 0. The molecule has 7 nitrogen and oxygen atoms in total. The Bertz CT molecular complexity index is 244. The topological polar surface area (TPSA) is 107 Å². The molecule has 92 valence electrons. The SMILES string of the molecule is O=NN(CCCCC(=O)O)CCCC(=O)O. The Morgan fingerprint density at radius 1 is 0.938 bits per heavy atom.